The number of para-hydroxylation sites is 1. The SMILES string of the molecule is O=C(c1nn(-c2ccccc2)c2c1CCC2)N1CCN(Cc2csc(-c3ccccc3)n2)CC1. The van der Waals surface area contributed by atoms with E-state index in [0.29, 0.717) is 5.69 Å². The maximum Gasteiger partial charge on any atom is 0.274 e. The highest BCUT2D eigenvalue weighted by molar-refractivity contribution is 7.13. The molecule has 172 valence electrons. The molecule has 34 heavy (non-hydrogen) atoms. The maximum atomic E-state index is 13.5. The summed E-state index contributed by atoms with van der Waals surface area (Å²) in [5.41, 5.74) is 6.29. The van der Waals surface area contributed by atoms with Crippen molar-refractivity contribution in [3.8, 4) is 16.3 Å². The zero-order valence-corrected chi connectivity index (χ0v) is 19.9. The quantitative estimate of drug-likeness (QED) is 0.434. The van der Waals surface area contributed by atoms with Crippen molar-refractivity contribution in [2.75, 3.05) is 26.2 Å². The van der Waals surface area contributed by atoms with Crippen molar-refractivity contribution in [2.24, 2.45) is 0 Å². The molecular weight excluding hydrogens is 442 g/mol. The molecule has 0 radical (unpaired) electrons. The number of nitrogens with zero attached hydrogens (tertiary/aromatic N) is 5. The predicted octanol–water partition coefficient (Wildman–Crippen LogP) is 4.44. The van der Waals surface area contributed by atoms with Crippen molar-refractivity contribution >= 4 is 17.2 Å². The molecule has 4 aromatic rings. The number of hydrogen-bond donors (Lipinski definition) is 0. The van der Waals surface area contributed by atoms with Crippen LogP contribution in [0.2, 0.25) is 0 Å². The van der Waals surface area contributed by atoms with Gasteiger partial charge in [0.25, 0.3) is 5.91 Å². The Morgan fingerprint density at radius 3 is 2.41 bits per heavy atom. The van der Waals surface area contributed by atoms with Gasteiger partial charge in [-0.25, -0.2) is 9.67 Å². The molecule has 0 atom stereocenters. The standard InChI is InChI=1S/C27H27N5OS/c33-27(25-23-12-7-13-24(23)32(29-25)22-10-5-2-6-11-22)31-16-14-30(15-17-31)18-21-19-34-26(28-21)20-8-3-1-4-9-20/h1-6,8-11,19H,7,12-18H2. The van der Waals surface area contributed by atoms with Gasteiger partial charge in [-0.2, -0.15) is 5.10 Å². The highest BCUT2D eigenvalue weighted by atomic mass is 32.1. The van der Waals surface area contributed by atoms with Gasteiger partial charge in [0.05, 0.1) is 11.4 Å². The number of rotatable bonds is 5. The minimum Gasteiger partial charge on any atom is -0.335 e. The van der Waals surface area contributed by atoms with Crippen LogP contribution in [0.5, 0.6) is 0 Å². The summed E-state index contributed by atoms with van der Waals surface area (Å²) in [6.45, 7) is 3.98. The molecule has 0 bridgehead atoms. The Bertz CT molecular complexity index is 1290. The number of benzene rings is 2. The van der Waals surface area contributed by atoms with Crippen LogP contribution in [-0.2, 0) is 19.4 Å². The second kappa shape index (κ2) is 9.16. The highest BCUT2D eigenvalue weighted by Gasteiger charge is 2.31. The van der Waals surface area contributed by atoms with Crippen molar-refractivity contribution < 1.29 is 4.79 Å². The van der Waals surface area contributed by atoms with Gasteiger partial charge in [-0.3, -0.25) is 9.69 Å². The molecule has 1 aliphatic carbocycles. The molecule has 1 aliphatic heterocycles. The van der Waals surface area contributed by atoms with E-state index in [0.717, 1.165) is 79.5 Å². The van der Waals surface area contributed by atoms with Gasteiger partial charge in [0.1, 0.15) is 5.01 Å². The number of piperazine rings is 1. The third-order valence-corrected chi connectivity index (χ3v) is 7.69. The van der Waals surface area contributed by atoms with Gasteiger partial charge in [-0.1, -0.05) is 48.5 Å². The summed E-state index contributed by atoms with van der Waals surface area (Å²) in [4.78, 5) is 22.6. The molecule has 6 rings (SSSR count). The van der Waals surface area contributed by atoms with E-state index >= 15 is 0 Å². The fraction of sp³-hybridized carbons (Fsp3) is 0.296. The molecule has 6 nitrogen and oxygen atoms in total. The molecule has 0 unspecified atom stereocenters. The van der Waals surface area contributed by atoms with E-state index in [1.807, 2.05) is 46.0 Å². The zero-order valence-electron chi connectivity index (χ0n) is 19.1. The summed E-state index contributed by atoms with van der Waals surface area (Å²) >= 11 is 1.69. The second-order valence-electron chi connectivity index (χ2n) is 8.95. The van der Waals surface area contributed by atoms with Crippen molar-refractivity contribution in [3.63, 3.8) is 0 Å². The third kappa shape index (κ3) is 4.06. The van der Waals surface area contributed by atoms with Crippen LogP contribution in [0.25, 0.3) is 16.3 Å². The molecule has 2 aliphatic rings. The van der Waals surface area contributed by atoms with Crippen LogP contribution >= 0.6 is 11.3 Å². The Labute approximate surface area is 203 Å². The molecule has 1 fully saturated rings. The molecule has 0 saturated carbocycles. The molecule has 3 heterocycles. The van der Waals surface area contributed by atoms with Crippen molar-refractivity contribution in [3.05, 3.63) is 88.7 Å². The van der Waals surface area contributed by atoms with Crippen LogP contribution in [0, 0.1) is 0 Å². The number of thiazole rings is 1. The lowest BCUT2D eigenvalue weighted by molar-refractivity contribution is 0.0620. The number of aromatic nitrogens is 3. The first-order chi connectivity index (χ1) is 16.8. The van der Waals surface area contributed by atoms with E-state index in [2.05, 4.69) is 34.5 Å². The van der Waals surface area contributed by atoms with Crippen molar-refractivity contribution in [1.82, 2.24) is 24.6 Å². The van der Waals surface area contributed by atoms with Crippen LogP contribution in [-0.4, -0.2) is 56.7 Å². The number of fused-ring (bicyclic) bond motifs is 1. The Morgan fingerprint density at radius 1 is 0.912 bits per heavy atom. The normalized spacial score (nSPS) is 16.1. The molecule has 0 N–H and O–H groups in total. The Hall–Kier alpha value is -3.29. The fourth-order valence-corrected chi connectivity index (χ4v) is 5.79. The second-order valence-corrected chi connectivity index (χ2v) is 9.81. The average Bonchev–Trinajstić information content (AvgIpc) is 3.63. The fourth-order valence-electron chi connectivity index (χ4n) is 4.97. The molecule has 7 heteroatoms. The van der Waals surface area contributed by atoms with E-state index in [9.17, 15) is 4.79 Å². The van der Waals surface area contributed by atoms with Crippen LogP contribution in [0.4, 0.5) is 0 Å². The predicted molar refractivity (Wildman–Crippen MR) is 134 cm³/mol. The highest BCUT2D eigenvalue weighted by Crippen LogP contribution is 2.29. The van der Waals surface area contributed by atoms with Gasteiger partial charge in [-0.05, 0) is 31.4 Å². The van der Waals surface area contributed by atoms with Gasteiger partial charge in [0.15, 0.2) is 5.69 Å². The summed E-state index contributed by atoms with van der Waals surface area (Å²) in [7, 11) is 0. The van der Waals surface area contributed by atoms with Gasteiger partial charge in [0.2, 0.25) is 0 Å². The monoisotopic (exact) mass is 469 g/mol. The van der Waals surface area contributed by atoms with E-state index < -0.39 is 0 Å². The van der Waals surface area contributed by atoms with Gasteiger partial charge in [0, 0.05) is 54.9 Å². The number of amides is 1. The molecule has 2 aromatic carbocycles. The van der Waals surface area contributed by atoms with Crippen molar-refractivity contribution in [1.29, 1.82) is 0 Å². The lowest BCUT2D eigenvalue weighted by Crippen LogP contribution is -2.48. The summed E-state index contributed by atoms with van der Waals surface area (Å²) < 4.78 is 1.98. The first kappa shape index (κ1) is 21.3. The first-order valence-electron chi connectivity index (χ1n) is 11.9. The zero-order chi connectivity index (χ0) is 22.9. The van der Waals surface area contributed by atoms with E-state index in [-0.39, 0.29) is 5.91 Å². The van der Waals surface area contributed by atoms with Gasteiger partial charge >= 0.3 is 0 Å². The van der Waals surface area contributed by atoms with E-state index in [1.165, 1.54) is 5.69 Å². The molecular formula is C27H27N5OS. The Balaban J connectivity index is 1.12. The van der Waals surface area contributed by atoms with Gasteiger partial charge < -0.3 is 4.90 Å². The summed E-state index contributed by atoms with van der Waals surface area (Å²) in [5.74, 6) is 0.0764. The van der Waals surface area contributed by atoms with Crippen LogP contribution in [0.15, 0.2) is 66.0 Å². The lowest BCUT2D eigenvalue weighted by Gasteiger charge is -2.34. The Kier molecular flexibility index (Phi) is 5.73. The van der Waals surface area contributed by atoms with Crippen LogP contribution < -0.4 is 0 Å². The summed E-state index contributed by atoms with van der Waals surface area (Å²) in [6, 6.07) is 20.5. The minimum absolute atomic E-state index is 0.0764. The van der Waals surface area contributed by atoms with Crippen LogP contribution in [0.1, 0.15) is 33.9 Å². The number of carbonyl (C=O) groups excluding carboxylic acids is 1. The molecule has 1 amide bonds. The van der Waals surface area contributed by atoms with E-state index in [1.54, 1.807) is 11.3 Å². The molecule has 1 saturated heterocycles. The summed E-state index contributed by atoms with van der Waals surface area (Å²) in [6.07, 6.45) is 3.01. The van der Waals surface area contributed by atoms with Crippen LogP contribution in [0.3, 0.4) is 0 Å². The first-order valence-corrected chi connectivity index (χ1v) is 12.8. The van der Waals surface area contributed by atoms with E-state index in [4.69, 9.17) is 10.1 Å². The molecule has 2 aromatic heterocycles. The largest absolute Gasteiger partial charge is 0.335 e. The number of carbonyl (C=O) groups is 1. The third-order valence-electron chi connectivity index (χ3n) is 6.75. The Morgan fingerprint density at radius 2 is 1.65 bits per heavy atom. The average molecular weight is 470 g/mol. The van der Waals surface area contributed by atoms with Crippen molar-refractivity contribution in [2.45, 2.75) is 25.8 Å². The van der Waals surface area contributed by atoms with Gasteiger partial charge in [-0.15, -0.1) is 11.3 Å². The summed E-state index contributed by atoms with van der Waals surface area (Å²) in [5, 5.41) is 8.01. The molecule has 0 spiro atoms. The lowest BCUT2D eigenvalue weighted by atomic mass is 10.1. The number of hydrogen-bond acceptors (Lipinski definition) is 5. The minimum atomic E-state index is 0.0764. The maximum absolute atomic E-state index is 13.5. The topological polar surface area (TPSA) is 54.3 Å². The smallest absolute Gasteiger partial charge is 0.274 e.